The number of carbonyl (C=O) groups excluding carboxylic acids is 1. The quantitative estimate of drug-likeness (QED) is 0.757. The molecule has 7 heteroatoms. The number of benzene rings is 1. The number of nitrogens with one attached hydrogen (secondary N) is 1. The van der Waals surface area contributed by atoms with Crippen molar-refractivity contribution in [1.82, 2.24) is 15.1 Å². The molecule has 2 unspecified atom stereocenters. The SMILES string of the molecule is COC[C@H]1CNCCN1C(=O)C1CN(C(C)(C)C)CC1c1ccc(Br)cc1F. The van der Waals surface area contributed by atoms with E-state index in [9.17, 15) is 9.18 Å². The zero-order valence-electron chi connectivity index (χ0n) is 17.2. The van der Waals surface area contributed by atoms with Crippen LogP contribution in [0.15, 0.2) is 22.7 Å². The van der Waals surface area contributed by atoms with E-state index in [1.165, 1.54) is 6.07 Å². The van der Waals surface area contributed by atoms with Crippen molar-refractivity contribution in [3.63, 3.8) is 0 Å². The van der Waals surface area contributed by atoms with Crippen molar-refractivity contribution in [3.05, 3.63) is 34.1 Å². The summed E-state index contributed by atoms with van der Waals surface area (Å²) in [5, 5.41) is 3.34. The Morgan fingerprint density at radius 3 is 2.75 bits per heavy atom. The molecule has 0 saturated carbocycles. The van der Waals surface area contributed by atoms with E-state index in [4.69, 9.17) is 4.74 Å². The minimum absolute atomic E-state index is 0.0188. The Hall–Kier alpha value is -1.02. The van der Waals surface area contributed by atoms with Crippen molar-refractivity contribution in [1.29, 1.82) is 0 Å². The van der Waals surface area contributed by atoms with Crippen LogP contribution >= 0.6 is 15.9 Å². The fraction of sp³-hybridized carbons (Fsp3) is 0.667. The number of hydrogen-bond acceptors (Lipinski definition) is 4. The number of piperazine rings is 1. The largest absolute Gasteiger partial charge is 0.382 e. The molecule has 2 aliphatic heterocycles. The van der Waals surface area contributed by atoms with Crippen LogP contribution in [-0.2, 0) is 9.53 Å². The van der Waals surface area contributed by atoms with Crippen LogP contribution in [-0.4, -0.2) is 73.7 Å². The monoisotopic (exact) mass is 455 g/mol. The van der Waals surface area contributed by atoms with E-state index in [0.29, 0.717) is 36.3 Å². The summed E-state index contributed by atoms with van der Waals surface area (Å²) in [5.74, 6) is -0.547. The molecular weight excluding hydrogens is 425 g/mol. The van der Waals surface area contributed by atoms with Gasteiger partial charge in [0.25, 0.3) is 0 Å². The standard InChI is InChI=1S/C21H31BrFN3O2/c1-21(2,3)25-11-17(16-6-5-14(22)9-19(16)23)18(12-25)20(27)26-8-7-24-10-15(26)13-28-4/h5-6,9,15,17-18,24H,7-8,10-13H2,1-4H3/t15-,17?,18?/m1/s1. The average Bonchev–Trinajstić information content (AvgIpc) is 3.07. The van der Waals surface area contributed by atoms with E-state index >= 15 is 0 Å². The molecule has 2 fully saturated rings. The van der Waals surface area contributed by atoms with Gasteiger partial charge in [-0.3, -0.25) is 9.69 Å². The first-order valence-corrected chi connectivity index (χ1v) is 10.7. The maximum Gasteiger partial charge on any atom is 0.228 e. The van der Waals surface area contributed by atoms with E-state index in [1.54, 1.807) is 7.11 Å². The van der Waals surface area contributed by atoms with E-state index in [0.717, 1.165) is 13.1 Å². The fourth-order valence-corrected chi connectivity index (χ4v) is 4.66. The molecule has 2 saturated heterocycles. The first-order chi connectivity index (χ1) is 13.2. The van der Waals surface area contributed by atoms with Crippen LogP contribution in [0.4, 0.5) is 4.39 Å². The zero-order valence-corrected chi connectivity index (χ0v) is 18.8. The summed E-state index contributed by atoms with van der Waals surface area (Å²) in [4.78, 5) is 17.9. The highest BCUT2D eigenvalue weighted by molar-refractivity contribution is 9.10. The van der Waals surface area contributed by atoms with Gasteiger partial charge in [0.15, 0.2) is 0 Å². The summed E-state index contributed by atoms with van der Waals surface area (Å²) >= 11 is 3.33. The third-order valence-corrected chi connectivity index (χ3v) is 6.43. The third kappa shape index (κ3) is 4.58. The van der Waals surface area contributed by atoms with E-state index in [1.807, 2.05) is 17.0 Å². The van der Waals surface area contributed by atoms with Crippen molar-refractivity contribution in [2.45, 2.75) is 38.3 Å². The number of methoxy groups -OCH3 is 1. The number of hydrogen-bond donors (Lipinski definition) is 1. The average molecular weight is 456 g/mol. The molecule has 2 aliphatic rings. The van der Waals surface area contributed by atoms with Crippen molar-refractivity contribution in [3.8, 4) is 0 Å². The number of ether oxygens (including phenoxy) is 1. The molecule has 1 N–H and O–H groups in total. The van der Waals surface area contributed by atoms with Gasteiger partial charge in [-0.05, 0) is 38.5 Å². The van der Waals surface area contributed by atoms with Gasteiger partial charge in [-0.2, -0.15) is 0 Å². The van der Waals surface area contributed by atoms with Gasteiger partial charge in [-0.15, -0.1) is 0 Å². The molecule has 5 nitrogen and oxygen atoms in total. The van der Waals surface area contributed by atoms with Crippen molar-refractivity contribution < 1.29 is 13.9 Å². The lowest BCUT2D eigenvalue weighted by atomic mass is 9.87. The van der Waals surface area contributed by atoms with Crippen LogP contribution in [0.25, 0.3) is 0 Å². The van der Waals surface area contributed by atoms with E-state index in [-0.39, 0.29) is 35.1 Å². The second-order valence-electron chi connectivity index (χ2n) is 8.80. The lowest BCUT2D eigenvalue weighted by molar-refractivity contribution is -0.140. The number of halogens is 2. The van der Waals surface area contributed by atoms with Gasteiger partial charge >= 0.3 is 0 Å². The lowest BCUT2D eigenvalue weighted by Crippen LogP contribution is -2.57. The van der Waals surface area contributed by atoms with Crippen LogP contribution in [0.5, 0.6) is 0 Å². The molecule has 0 aliphatic carbocycles. The summed E-state index contributed by atoms with van der Waals surface area (Å²) in [6, 6.07) is 5.19. The Bertz CT molecular complexity index is 707. The Labute approximate surface area is 175 Å². The van der Waals surface area contributed by atoms with E-state index in [2.05, 4.69) is 46.9 Å². The fourth-order valence-electron chi connectivity index (χ4n) is 4.32. The zero-order chi connectivity index (χ0) is 20.5. The van der Waals surface area contributed by atoms with Gasteiger partial charge in [-0.25, -0.2) is 4.39 Å². The Kier molecular flexibility index (Phi) is 6.80. The Morgan fingerprint density at radius 1 is 1.36 bits per heavy atom. The van der Waals surface area contributed by atoms with Crippen LogP contribution in [0.2, 0.25) is 0 Å². The number of likely N-dealkylation sites (tertiary alicyclic amines) is 1. The Morgan fingerprint density at radius 2 is 2.11 bits per heavy atom. The maximum absolute atomic E-state index is 14.8. The first kappa shape index (κ1) is 21.7. The highest BCUT2D eigenvalue weighted by atomic mass is 79.9. The third-order valence-electron chi connectivity index (χ3n) is 5.94. The molecule has 28 heavy (non-hydrogen) atoms. The molecule has 156 valence electrons. The number of carbonyl (C=O) groups is 1. The second-order valence-corrected chi connectivity index (χ2v) is 9.72. The van der Waals surface area contributed by atoms with Gasteiger partial charge in [-0.1, -0.05) is 22.0 Å². The predicted molar refractivity (Wildman–Crippen MR) is 112 cm³/mol. The summed E-state index contributed by atoms with van der Waals surface area (Å²) in [6.07, 6.45) is 0. The first-order valence-electron chi connectivity index (χ1n) is 9.92. The molecule has 2 heterocycles. The smallest absolute Gasteiger partial charge is 0.228 e. The van der Waals surface area contributed by atoms with Gasteiger partial charge in [0.2, 0.25) is 5.91 Å². The highest BCUT2D eigenvalue weighted by Crippen LogP contribution is 2.39. The van der Waals surface area contributed by atoms with Crippen LogP contribution in [0.1, 0.15) is 32.3 Å². The van der Waals surface area contributed by atoms with Crippen LogP contribution in [0.3, 0.4) is 0 Å². The normalized spacial score (nSPS) is 26.6. The minimum Gasteiger partial charge on any atom is -0.382 e. The number of rotatable bonds is 4. The van der Waals surface area contributed by atoms with E-state index < -0.39 is 0 Å². The number of amides is 1. The summed E-state index contributed by atoms with van der Waals surface area (Å²) in [6.45, 7) is 10.4. The molecule has 0 radical (unpaired) electrons. The minimum atomic E-state index is -0.257. The molecule has 3 rings (SSSR count). The second kappa shape index (κ2) is 8.78. The molecule has 1 amide bonds. The van der Waals surface area contributed by atoms with Crippen LogP contribution in [0, 0.1) is 11.7 Å². The molecule has 0 spiro atoms. The van der Waals surface area contributed by atoms with Crippen molar-refractivity contribution in [2.75, 3.05) is 46.4 Å². The van der Waals surface area contributed by atoms with Crippen molar-refractivity contribution in [2.24, 2.45) is 5.92 Å². The highest BCUT2D eigenvalue weighted by Gasteiger charge is 2.45. The van der Waals surface area contributed by atoms with Gasteiger partial charge in [0.1, 0.15) is 5.82 Å². The van der Waals surface area contributed by atoms with Gasteiger partial charge in [0, 0.05) is 55.8 Å². The summed E-state index contributed by atoms with van der Waals surface area (Å²) in [7, 11) is 1.66. The molecule has 0 aromatic heterocycles. The molecule has 3 atom stereocenters. The summed E-state index contributed by atoms with van der Waals surface area (Å²) in [5.41, 5.74) is 0.556. The topological polar surface area (TPSA) is 44.8 Å². The van der Waals surface area contributed by atoms with Crippen molar-refractivity contribution >= 4 is 21.8 Å². The number of nitrogens with zero attached hydrogens (tertiary/aromatic N) is 2. The summed E-state index contributed by atoms with van der Waals surface area (Å²) < 4.78 is 20.8. The lowest BCUT2D eigenvalue weighted by Gasteiger charge is -2.38. The van der Waals surface area contributed by atoms with Crippen LogP contribution < -0.4 is 5.32 Å². The molecule has 1 aromatic carbocycles. The molecular formula is C21H31BrFN3O2. The maximum atomic E-state index is 14.8. The molecule has 0 bridgehead atoms. The molecule has 1 aromatic rings. The Balaban J connectivity index is 1.91. The van der Waals surface area contributed by atoms with Gasteiger partial charge < -0.3 is 15.0 Å². The predicted octanol–water partition coefficient (Wildman–Crippen LogP) is 2.85. The van der Waals surface area contributed by atoms with Gasteiger partial charge in [0.05, 0.1) is 18.6 Å².